The molecule has 3 heteroatoms. The number of thiocarbonyl (C=S) groups is 1. The van der Waals surface area contributed by atoms with Crippen LogP contribution in [0.4, 0.5) is 0 Å². The van der Waals surface area contributed by atoms with Gasteiger partial charge >= 0.3 is 0 Å². The van der Waals surface area contributed by atoms with Gasteiger partial charge in [-0.15, -0.1) is 0 Å². The van der Waals surface area contributed by atoms with Gasteiger partial charge in [-0.05, 0) is 33.6 Å². The second kappa shape index (κ2) is 5.58. The molecular weight excluding hydrogens is 324 g/mol. The molecule has 4 rings (SSSR count). The summed E-state index contributed by atoms with van der Waals surface area (Å²) in [6.07, 6.45) is 1.89. The van der Waals surface area contributed by atoms with Gasteiger partial charge in [0, 0.05) is 16.7 Å². The zero-order valence-electron chi connectivity index (χ0n) is 11.7. The third-order valence-corrected chi connectivity index (χ3v) is 6.41. The molecule has 0 saturated heterocycles. The van der Waals surface area contributed by atoms with Crippen molar-refractivity contribution in [2.45, 2.75) is 0 Å². The van der Waals surface area contributed by atoms with Crippen LogP contribution in [0, 0.1) is 0 Å². The molecule has 2 aliphatic rings. The minimum absolute atomic E-state index is 0.937. The van der Waals surface area contributed by atoms with Crippen LogP contribution in [0.3, 0.4) is 0 Å². The molecule has 1 aliphatic heterocycles. The molecule has 0 atom stereocenters. The maximum absolute atomic E-state index is 5.74. The largest absolute Gasteiger partial charge is 0.0985 e. The first-order valence-electron chi connectivity index (χ1n) is 6.93. The Hall–Kier alpha value is -1.55. The fraction of sp³-hybridized carbons (Fsp3) is 0. The van der Waals surface area contributed by atoms with E-state index >= 15 is 0 Å². The molecular formula is C19H12S3. The van der Waals surface area contributed by atoms with Crippen LogP contribution in [0.1, 0.15) is 27.8 Å². The van der Waals surface area contributed by atoms with Crippen molar-refractivity contribution in [1.29, 1.82) is 0 Å². The number of fused-ring (bicyclic) bond motifs is 2. The van der Waals surface area contributed by atoms with E-state index in [0.717, 1.165) is 21.6 Å². The predicted molar refractivity (Wildman–Crippen MR) is 104 cm³/mol. The first kappa shape index (κ1) is 14.1. The lowest BCUT2D eigenvalue weighted by atomic mass is 9.82. The van der Waals surface area contributed by atoms with Crippen molar-refractivity contribution in [3.8, 4) is 0 Å². The van der Waals surface area contributed by atoms with Gasteiger partial charge in [-0.1, -0.05) is 84.8 Å². The highest BCUT2D eigenvalue weighted by Gasteiger charge is 2.27. The molecule has 0 nitrogen and oxygen atoms in total. The van der Waals surface area contributed by atoms with E-state index in [2.05, 4.69) is 59.9 Å². The summed E-state index contributed by atoms with van der Waals surface area (Å²) in [5.41, 5.74) is 7.18. The molecule has 22 heavy (non-hydrogen) atoms. The summed E-state index contributed by atoms with van der Waals surface area (Å²) >= 11 is 9.31. The van der Waals surface area contributed by atoms with Crippen LogP contribution in [0.5, 0.6) is 0 Å². The average molecular weight is 337 g/mol. The molecule has 1 heterocycles. The van der Waals surface area contributed by atoms with Crippen LogP contribution in [0.25, 0.3) is 11.6 Å². The summed E-state index contributed by atoms with van der Waals surface area (Å²) in [5.74, 6) is 0. The SMILES string of the molecule is C=Cc1ccc2c(c1)C(=C1SC=CS1)c1ccccc1C2=S. The zero-order valence-corrected chi connectivity index (χ0v) is 14.2. The second-order valence-electron chi connectivity index (χ2n) is 5.05. The molecule has 0 bridgehead atoms. The third-order valence-electron chi connectivity index (χ3n) is 3.84. The van der Waals surface area contributed by atoms with E-state index in [4.69, 9.17) is 12.2 Å². The van der Waals surface area contributed by atoms with E-state index in [-0.39, 0.29) is 0 Å². The van der Waals surface area contributed by atoms with Crippen molar-refractivity contribution in [3.63, 3.8) is 0 Å². The number of thioether (sulfide) groups is 2. The lowest BCUT2D eigenvalue weighted by Crippen LogP contribution is -2.14. The fourth-order valence-corrected chi connectivity index (χ4v) is 5.11. The summed E-state index contributed by atoms with van der Waals surface area (Å²) < 4.78 is 1.32. The van der Waals surface area contributed by atoms with Gasteiger partial charge in [0.1, 0.15) is 0 Å². The molecule has 0 amide bonds. The van der Waals surface area contributed by atoms with Crippen molar-refractivity contribution in [2.24, 2.45) is 0 Å². The van der Waals surface area contributed by atoms with Gasteiger partial charge in [0.2, 0.25) is 0 Å². The molecule has 2 aromatic rings. The molecule has 0 unspecified atom stereocenters. The lowest BCUT2D eigenvalue weighted by molar-refractivity contribution is 1.46. The summed E-state index contributed by atoms with van der Waals surface area (Å²) in [4.78, 5) is 0.937. The molecule has 0 spiro atoms. The van der Waals surface area contributed by atoms with E-state index in [9.17, 15) is 0 Å². The van der Waals surface area contributed by atoms with Gasteiger partial charge < -0.3 is 0 Å². The van der Waals surface area contributed by atoms with Crippen LogP contribution < -0.4 is 0 Å². The second-order valence-corrected chi connectivity index (χ2v) is 7.55. The van der Waals surface area contributed by atoms with Gasteiger partial charge in [-0.3, -0.25) is 0 Å². The average Bonchev–Trinajstić information content (AvgIpc) is 3.09. The van der Waals surface area contributed by atoms with Gasteiger partial charge in [0.25, 0.3) is 0 Å². The van der Waals surface area contributed by atoms with Gasteiger partial charge in [0.05, 0.1) is 9.10 Å². The normalized spacial score (nSPS) is 15.7. The molecule has 0 saturated carbocycles. The molecule has 2 aromatic carbocycles. The van der Waals surface area contributed by atoms with Gasteiger partial charge in [0.15, 0.2) is 0 Å². The first-order chi connectivity index (χ1) is 10.8. The number of hydrogen-bond acceptors (Lipinski definition) is 3. The Kier molecular flexibility index (Phi) is 3.57. The Morgan fingerprint density at radius 3 is 2.27 bits per heavy atom. The van der Waals surface area contributed by atoms with E-state index in [1.165, 1.54) is 20.9 Å². The zero-order chi connectivity index (χ0) is 15.1. The fourth-order valence-electron chi connectivity index (χ4n) is 2.83. The number of hydrogen-bond donors (Lipinski definition) is 0. The predicted octanol–water partition coefficient (Wildman–Crippen LogP) is 6.08. The molecule has 0 fully saturated rings. The van der Waals surface area contributed by atoms with E-state index in [1.54, 1.807) is 23.5 Å². The molecule has 1 aliphatic carbocycles. The topological polar surface area (TPSA) is 0 Å². The Balaban J connectivity index is 2.07. The van der Waals surface area contributed by atoms with E-state index in [1.807, 2.05) is 6.08 Å². The Morgan fingerprint density at radius 2 is 1.55 bits per heavy atom. The highest BCUT2D eigenvalue weighted by Crippen LogP contribution is 2.48. The monoisotopic (exact) mass is 336 g/mol. The van der Waals surface area contributed by atoms with Crippen molar-refractivity contribution >= 4 is 52.3 Å². The Morgan fingerprint density at radius 1 is 0.864 bits per heavy atom. The quantitative estimate of drug-likeness (QED) is 0.494. The van der Waals surface area contributed by atoms with Crippen LogP contribution in [0.15, 0.2) is 64.1 Å². The van der Waals surface area contributed by atoms with E-state index in [0.29, 0.717) is 0 Å². The van der Waals surface area contributed by atoms with Crippen LogP contribution in [0.2, 0.25) is 0 Å². The smallest absolute Gasteiger partial charge is 0.0571 e. The Labute approximate surface area is 144 Å². The molecule has 106 valence electrons. The van der Waals surface area contributed by atoms with Crippen LogP contribution in [-0.4, -0.2) is 4.86 Å². The minimum atomic E-state index is 0.937. The van der Waals surface area contributed by atoms with Crippen LogP contribution >= 0.6 is 35.7 Å². The van der Waals surface area contributed by atoms with Crippen molar-refractivity contribution < 1.29 is 0 Å². The summed E-state index contributed by atoms with van der Waals surface area (Å²) in [7, 11) is 0. The van der Waals surface area contributed by atoms with E-state index < -0.39 is 0 Å². The van der Waals surface area contributed by atoms with Gasteiger partial charge in [-0.25, -0.2) is 0 Å². The van der Waals surface area contributed by atoms with Crippen molar-refractivity contribution in [2.75, 3.05) is 0 Å². The maximum Gasteiger partial charge on any atom is 0.0571 e. The molecule has 0 radical (unpaired) electrons. The summed E-state index contributed by atoms with van der Waals surface area (Å²) in [6, 6.07) is 14.9. The summed E-state index contributed by atoms with van der Waals surface area (Å²) in [5, 5.41) is 4.28. The standard InChI is InChI=1S/C19H12S3/c1-2-12-7-8-15-16(11-12)17(19-21-9-10-22-19)13-5-3-4-6-14(13)18(15)20/h2-11H,1H2. The van der Waals surface area contributed by atoms with Crippen molar-refractivity contribution in [3.05, 3.63) is 91.9 Å². The highest BCUT2D eigenvalue weighted by molar-refractivity contribution is 8.27. The summed E-state index contributed by atoms with van der Waals surface area (Å²) in [6.45, 7) is 3.89. The number of rotatable bonds is 1. The third kappa shape index (κ3) is 2.12. The first-order valence-corrected chi connectivity index (χ1v) is 9.10. The molecule has 0 aromatic heterocycles. The number of benzene rings is 2. The maximum atomic E-state index is 5.74. The van der Waals surface area contributed by atoms with Crippen LogP contribution in [-0.2, 0) is 0 Å². The molecule has 0 N–H and O–H groups in total. The van der Waals surface area contributed by atoms with Crippen molar-refractivity contribution in [1.82, 2.24) is 0 Å². The minimum Gasteiger partial charge on any atom is -0.0985 e. The lowest BCUT2D eigenvalue weighted by Gasteiger charge is -2.25. The Bertz CT molecular complexity index is 862. The highest BCUT2D eigenvalue weighted by atomic mass is 32.2. The van der Waals surface area contributed by atoms with Gasteiger partial charge in [-0.2, -0.15) is 0 Å².